The lowest BCUT2D eigenvalue weighted by atomic mass is 10.1. The van der Waals surface area contributed by atoms with Gasteiger partial charge in [-0.2, -0.15) is 4.98 Å². The van der Waals surface area contributed by atoms with Gasteiger partial charge in [0.15, 0.2) is 0 Å². The molecule has 0 spiro atoms. The summed E-state index contributed by atoms with van der Waals surface area (Å²) < 4.78 is 2.93. The van der Waals surface area contributed by atoms with Crippen LogP contribution in [0.2, 0.25) is 0 Å². The molecule has 148 valence electrons. The van der Waals surface area contributed by atoms with Crippen molar-refractivity contribution < 1.29 is 0 Å². The first-order valence-electron chi connectivity index (χ1n) is 9.17. The summed E-state index contributed by atoms with van der Waals surface area (Å²) in [6, 6.07) is 12.8. The van der Waals surface area contributed by atoms with E-state index in [4.69, 9.17) is 0 Å². The highest BCUT2D eigenvalue weighted by Crippen LogP contribution is 2.17. The quantitative estimate of drug-likeness (QED) is 0.359. The molecule has 4 heterocycles. The van der Waals surface area contributed by atoms with Crippen LogP contribution in [-0.2, 0) is 0 Å². The van der Waals surface area contributed by atoms with Crippen molar-refractivity contribution in [2.24, 2.45) is 0 Å². The molecule has 30 heavy (non-hydrogen) atoms. The van der Waals surface area contributed by atoms with Crippen LogP contribution < -0.4 is 11.1 Å². The number of nitrogens with one attached hydrogen (secondary N) is 1. The molecule has 1 aromatic carbocycles. The van der Waals surface area contributed by atoms with E-state index in [1.165, 1.54) is 16.3 Å². The smallest absolute Gasteiger partial charge is 0.266 e. The van der Waals surface area contributed by atoms with Crippen molar-refractivity contribution in [2.45, 2.75) is 12.1 Å². The van der Waals surface area contributed by atoms with Crippen LogP contribution in [0.15, 0.2) is 69.6 Å². The summed E-state index contributed by atoms with van der Waals surface area (Å²) in [6.45, 7) is 1.97. The highest BCUT2D eigenvalue weighted by molar-refractivity contribution is 7.98. The number of benzene rings is 1. The molecule has 0 unspecified atom stereocenters. The van der Waals surface area contributed by atoms with Crippen LogP contribution in [0.1, 0.15) is 5.56 Å². The van der Waals surface area contributed by atoms with Crippen LogP contribution in [-0.4, -0.2) is 35.6 Å². The Labute approximate surface area is 174 Å². The summed E-state index contributed by atoms with van der Waals surface area (Å²) in [5, 5.41) is 8.06. The minimum absolute atomic E-state index is 0.230. The Bertz CT molecular complexity index is 1550. The van der Waals surface area contributed by atoms with Gasteiger partial charge in [0.25, 0.3) is 11.1 Å². The zero-order chi connectivity index (χ0) is 20.8. The van der Waals surface area contributed by atoms with Crippen molar-refractivity contribution in [3.8, 4) is 11.6 Å². The second kappa shape index (κ2) is 6.96. The number of aryl methyl sites for hydroxylation is 1. The van der Waals surface area contributed by atoms with Gasteiger partial charge in [-0.3, -0.25) is 18.7 Å². The largest absolute Gasteiger partial charge is 0.284 e. The predicted octanol–water partition coefficient (Wildman–Crippen LogP) is 2.84. The first kappa shape index (κ1) is 18.3. The van der Waals surface area contributed by atoms with E-state index in [0.717, 1.165) is 11.3 Å². The Balaban J connectivity index is 1.75. The molecule has 5 rings (SSSR count). The third kappa shape index (κ3) is 2.91. The van der Waals surface area contributed by atoms with Gasteiger partial charge in [-0.15, -0.1) is 5.10 Å². The monoisotopic (exact) mass is 416 g/mol. The molecule has 9 heteroatoms. The van der Waals surface area contributed by atoms with E-state index >= 15 is 0 Å². The lowest BCUT2D eigenvalue weighted by Gasteiger charge is -2.09. The first-order valence-corrected chi connectivity index (χ1v) is 10.4. The van der Waals surface area contributed by atoms with E-state index in [1.807, 2.05) is 37.4 Å². The Morgan fingerprint density at radius 3 is 2.27 bits per heavy atom. The van der Waals surface area contributed by atoms with Crippen molar-refractivity contribution in [2.75, 3.05) is 6.26 Å². The van der Waals surface area contributed by atoms with Crippen molar-refractivity contribution in [1.29, 1.82) is 0 Å². The van der Waals surface area contributed by atoms with Gasteiger partial charge in [-0.25, -0.2) is 10.1 Å². The van der Waals surface area contributed by atoms with Crippen molar-refractivity contribution >= 4 is 33.6 Å². The highest BCUT2D eigenvalue weighted by atomic mass is 32.2. The molecular weight excluding hydrogens is 400 g/mol. The van der Waals surface area contributed by atoms with Gasteiger partial charge in [0, 0.05) is 18.1 Å². The van der Waals surface area contributed by atoms with Crippen LogP contribution >= 0.6 is 11.8 Å². The van der Waals surface area contributed by atoms with Crippen LogP contribution in [0.4, 0.5) is 0 Å². The molecule has 0 amide bonds. The number of aromatic nitrogens is 6. The fraction of sp³-hybridized carbons (Fsp3) is 0.0952. The summed E-state index contributed by atoms with van der Waals surface area (Å²) in [4.78, 5) is 35.1. The van der Waals surface area contributed by atoms with E-state index in [9.17, 15) is 9.59 Å². The van der Waals surface area contributed by atoms with Crippen LogP contribution in [0.25, 0.3) is 33.4 Å². The maximum absolute atomic E-state index is 13.2. The van der Waals surface area contributed by atoms with Gasteiger partial charge >= 0.3 is 0 Å². The Morgan fingerprint density at radius 1 is 0.900 bits per heavy atom. The lowest BCUT2D eigenvalue weighted by Crippen LogP contribution is -2.21. The number of hydrogen-bond acceptors (Lipinski definition) is 6. The SMILES string of the molecule is CSc1n[nH]c(-n2ccc3nc4ccn(-c5cccc(C)c5)c(=O)c4cc3c2=O)n1. The molecule has 0 fully saturated rings. The molecule has 4 aromatic heterocycles. The Hall–Kier alpha value is -3.72. The van der Waals surface area contributed by atoms with E-state index in [-0.39, 0.29) is 11.1 Å². The van der Waals surface area contributed by atoms with E-state index in [0.29, 0.717) is 32.9 Å². The first-order chi connectivity index (χ1) is 14.5. The van der Waals surface area contributed by atoms with Crippen molar-refractivity contribution in [3.05, 3.63) is 81.1 Å². The fourth-order valence-corrected chi connectivity index (χ4v) is 3.72. The Kier molecular flexibility index (Phi) is 4.25. The predicted molar refractivity (Wildman–Crippen MR) is 117 cm³/mol. The maximum Gasteiger partial charge on any atom is 0.266 e. The second-order valence-electron chi connectivity index (χ2n) is 6.82. The number of thioether (sulfide) groups is 1. The molecule has 0 bridgehead atoms. The molecule has 0 saturated carbocycles. The topological polar surface area (TPSA) is 98.5 Å². The maximum atomic E-state index is 13.2. The highest BCUT2D eigenvalue weighted by Gasteiger charge is 2.13. The van der Waals surface area contributed by atoms with Gasteiger partial charge in [0.1, 0.15) is 0 Å². The fourth-order valence-electron chi connectivity index (χ4n) is 3.41. The summed E-state index contributed by atoms with van der Waals surface area (Å²) in [5.41, 5.74) is 2.32. The average molecular weight is 416 g/mol. The second-order valence-corrected chi connectivity index (χ2v) is 7.59. The van der Waals surface area contributed by atoms with Gasteiger partial charge in [-0.05, 0) is 49.1 Å². The molecule has 1 N–H and O–H groups in total. The summed E-state index contributed by atoms with van der Waals surface area (Å²) in [6.07, 6.45) is 5.16. The zero-order valence-corrected chi connectivity index (χ0v) is 17.0. The third-order valence-electron chi connectivity index (χ3n) is 4.89. The number of fused-ring (bicyclic) bond motifs is 2. The third-order valence-corrected chi connectivity index (χ3v) is 5.43. The standard InChI is InChI=1S/C21H16N6O2S/c1-12-4-3-5-13(10-12)26-8-6-16-14(18(26)28)11-15-17(22-16)7-9-27(19(15)29)20-23-21(30-2)25-24-20/h3-11H,1-2H3,(H,23,24,25). The number of aromatic amines is 1. The van der Waals surface area contributed by atoms with Crippen molar-refractivity contribution in [3.63, 3.8) is 0 Å². The number of pyridine rings is 3. The van der Waals surface area contributed by atoms with Crippen LogP contribution in [0.3, 0.4) is 0 Å². The molecule has 0 saturated heterocycles. The van der Waals surface area contributed by atoms with Crippen LogP contribution in [0, 0.1) is 6.92 Å². The minimum Gasteiger partial charge on any atom is -0.284 e. The van der Waals surface area contributed by atoms with E-state index < -0.39 is 0 Å². The molecule has 0 radical (unpaired) electrons. The van der Waals surface area contributed by atoms with Crippen LogP contribution in [0.5, 0.6) is 0 Å². The molecule has 5 aromatic rings. The van der Waals surface area contributed by atoms with Gasteiger partial charge < -0.3 is 0 Å². The van der Waals surface area contributed by atoms with Gasteiger partial charge in [0.2, 0.25) is 11.1 Å². The molecule has 8 nitrogen and oxygen atoms in total. The van der Waals surface area contributed by atoms with E-state index in [2.05, 4.69) is 20.2 Å². The van der Waals surface area contributed by atoms with Gasteiger partial charge in [0.05, 0.1) is 21.8 Å². The molecule has 0 aliphatic rings. The molecular formula is C21H16N6O2S. The zero-order valence-electron chi connectivity index (χ0n) is 16.2. The minimum atomic E-state index is -0.323. The summed E-state index contributed by atoms with van der Waals surface area (Å²) >= 11 is 1.37. The number of nitrogens with zero attached hydrogens (tertiary/aromatic N) is 5. The number of rotatable bonds is 3. The van der Waals surface area contributed by atoms with Crippen molar-refractivity contribution in [1.82, 2.24) is 29.3 Å². The Morgan fingerprint density at radius 2 is 1.60 bits per heavy atom. The lowest BCUT2D eigenvalue weighted by molar-refractivity contribution is 0.901. The molecule has 0 atom stereocenters. The normalized spacial score (nSPS) is 11.4. The van der Waals surface area contributed by atoms with Gasteiger partial charge in [-0.1, -0.05) is 23.9 Å². The number of H-pyrrole nitrogens is 1. The molecule has 0 aliphatic carbocycles. The summed E-state index contributed by atoms with van der Waals surface area (Å²) in [7, 11) is 0. The van der Waals surface area contributed by atoms with E-state index in [1.54, 1.807) is 35.2 Å². The average Bonchev–Trinajstić information content (AvgIpc) is 3.22. The summed E-state index contributed by atoms with van der Waals surface area (Å²) in [5.74, 6) is 0.316. The number of hydrogen-bond donors (Lipinski definition) is 1. The molecule has 0 aliphatic heterocycles.